The van der Waals surface area contributed by atoms with E-state index in [1.807, 2.05) is 0 Å². The van der Waals surface area contributed by atoms with Crippen LogP contribution in [0.5, 0.6) is 0 Å². The van der Waals surface area contributed by atoms with E-state index < -0.39 is 0 Å². The van der Waals surface area contributed by atoms with Gasteiger partial charge in [-0.3, -0.25) is 0 Å². The lowest BCUT2D eigenvalue weighted by Crippen LogP contribution is -2.13. The van der Waals surface area contributed by atoms with Crippen LogP contribution in [0.3, 0.4) is 0 Å². The molecule has 0 bridgehead atoms. The zero-order valence-corrected chi connectivity index (χ0v) is 23.6. The molecular formula is C35H52. The molecule has 192 valence electrons. The molecule has 0 amide bonds. The third kappa shape index (κ3) is 8.37. The monoisotopic (exact) mass is 472 g/mol. The van der Waals surface area contributed by atoms with Crippen molar-refractivity contribution in [3.8, 4) is 0 Å². The second-order valence-corrected chi connectivity index (χ2v) is 12.2. The Hall–Kier alpha value is -1.82. The maximum atomic E-state index is 2.54. The van der Waals surface area contributed by atoms with Crippen molar-refractivity contribution in [2.45, 2.75) is 99.3 Å². The summed E-state index contributed by atoms with van der Waals surface area (Å²) in [4.78, 5) is 0. The van der Waals surface area contributed by atoms with Gasteiger partial charge in [-0.1, -0.05) is 111 Å². The van der Waals surface area contributed by atoms with Gasteiger partial charge in [0.05, 0.1) is 0 Å². The van der Waals surface area contributed by atoms with Gasteiger partial charge in [0, 0.05) is 5.41 Å². The van der Waals surface area contributed by atoms with E-state index >= 15 is 0 Å². The number of allylic oxidation sites excluding steroid dienone is 14. The summed E-state index contributed by atoms with van der Waals surface area (Å²) < 4.78 is 0. The Kier molecular flexibility index (Phi) is 10.7. The molecule has 0 saturated heterocycles. The normalized spacial score (nSPS) is 30.1. The molecule has 0 aromatic carbocycles. The molecule has 3 aliphatic carbocycles. The molecule has 0 aliphatic heterocycles. The zero-order valence-electron chi connectivity index (χ0n) is 23.6. The van der Waals surface area contributed by atoms with E-state index in [2.05, 4.69) is 108 Å². The van der Waals surface area contributed by atoms with Gasteiger partial charge in [-0.15, -0.1) is 0 Å². The first-order valence-corrected chi connectivity index (χ1v) is 14.5. The van der Waals surface area contributed by atoms with E-state index in [0.29, 0.717) is 17.3 Å². The van der Waals surface area contributed by atoms with Crippen LogP contribution in [-0.2, 0) is 0 Å². The van der Waals surface area contributed by atoms with Crippen molar-refractivity contribution in [2.24, 2.45) is 35.0 Å². The Morgan fingerprint density at radius 2 is 1.83 bits per heavy atom. The molecule has 0 N–H and O–H groups in total. The van der Waals surface area contributed by atoms with E-state index in [1.165, 1.54) is 56.1 Å². The minimum Gasteiger partial charge on any atom is -0.0877 e. The Labute approximate surface area is 217 Å². The maximum Gasteiger partial charge on any atom is 0.0132 e. The molecule has 0 aromatic heterocycles. The Bertz CT molecular complexity index is 867. The standard InChI is InChI=1S/C35H52/c1-7-12-30(21-20-27(2)3)22-23-32(31-17-8-13-28(4)14-9-18-31)24-25-34-33-19-10-15-29(5)16-11-26-35(33,34)6/h7-9,11-12,15,17-19,21,26-28,31-32,34H,10,13-14,16,20,22-25H2,1-6H3. The summed E-state index contributed by atoms with van der Waals surface area (Å²) in [6.45, 7) is 13.9. The van der Waals surface area contributed by atoms with Gasteiger partial charge in [0.1, 0.15) is 0 Å². The van der Waals surface area contributed by atoms with Crippen LogP contribution in [0.15, 0.2) is 83.6 Å². The van der Waals surface area contributed by atoms with Gasteiger partial charge in [0.25, 0.3) is 0 Å². The van der Waals surface area contributed by atoms with Crippen molar-refractivity contribution in [3.63, 3.8) is 0 Å². The summed E-state index contributed by atoms with van der Waals surface area (Å²) in [5.41, 5.74) is 5.03. The van der Waals surface area contributed by atoms with Crippen molar-refractivity contribution in [1.82, 2.24) is 0 Å². The lowest BCUT2D eigenvalue weighted by atomic mass is 9.80. The van der Waals surface area contributed by atoms with Crippen molar-refractivity contribution in [1.29, 1.82) is 0 Å². The average molecular weight is 473 g/mol. The highest BCUT2D eigenvalue weighted by molar-refractivity contribution is 5.44. The fraction of sp³-hybridized carbons (Fsp3) is 0.600. The maximum absolute atomic E-state index is 2.54. The van der Waals surface area contributed by atoms with Crippen LogP contribution in [0.25, 0.3) is 0 Å². The fourth-order valence-corrected chi connectivity index (χ4v) is 6.08. The number of rotatable bonds is 10. The summed E-state index contributed by atoms with van der Waals surface area (Å²) in [5, 5.41) is 0. The summed E-state index contributed by atoms with van der Waals surface area (Å²) >= 11 is 0. The van der Waals surface area contributed by atoms with E-state index in [4.69, 9.17) is 0 Å². The van der Waals surface area contributed by atoms with Crippen LogP contribution in [-0.4, -0.2) is 0 Å². The molecule has 0 spiro atoms. The predicted molar refractivity (Wildman–Crippen MR) is 156 cm³/mol. The first kappa shape index (κ1) is 27.8. The van der Waals surface area contributed by atoms with Gasteiger partial charge < -0.3 is 0 Å². The van der Waals surface area contributed by atoms with Crippen LogP contribution < -0.4 is 0 Å². The fourth-order valence-electron chi connectivity index (χ4n) is 6.08. The van der Waals surface area contributed by atoms with Crippen LogP contribution in [0, 0.1) is 35.0 Å². The molecule has 0 radical (unpaired) electrons. The second kappa shape index (κ2) is 13.5. The highest BCUT2D eigenvalue weighted by atomic mass is 14.6. The zero-order chi connectivity index (χ0) is 25.3. The predicted octanol–water partition coefficient (Wildman–Crippen LogP) is 10.7. The second-order valence-electron chi connectivity index (χ2n) is 12.2. The van der Waals surface area contributed by atoms with Gasteiger partial charge in [0.2, 0.25) is 0 Å². The molecule has 3 aliphatic rings. The van der Waals surface area contributed by atoms with E-state index in [1.54, 1.807) is 5.57 Å². The van der Waals surface area contributed by atoms with Gasteiger partial charge in [-0.05, 0) is 101 Å². The highest BCUT2D eigenvalue weighted by Gasteiger charge is 2.53. The Morgan fingerprint density at radius 1 is 1.09 bits per heavy atom. The van der Waals surface area contributed by atoms with E-state index in [9.17, 15) is 0 Å². The molecule has 0 heteroatoms. The lowest BCUT2D eigenvalue weighted by Gasteiger charge is -2.25. The highest BCUT2D eigenvalue weighted by Crippen LogP contribution is 2.62. The molecule has 3 unspecified atom stereocenters. The molecule has 3 atom stereocenters. The SMILES string of the molecule is CC=CC(=CCC(C)C)CCC(CCC1C2=CCC=C(C)CC=CC21C)C1C=CCC(C)CC=C1. The summed E-state index contributed by atoms with van der Waals surface area (Å²) in [6.07, 6.45) is 38.0. The van der Waals surface area contributed by atoms with Gasteiger partial charge in [-0.25, -0.2) is 0 Å². The molecule has 35 heavy (non-hydrogen) atoms. The molecule has 3 rings (SSSR count). The van der Waals surface area contributed by atoms with Crippen LogP contribution in [0.2, 0.25) is 0 Å². The van der Waals surface area contributed by atoms with Crippen molar-refractivity contribution in [3.05, 3.63) is 83.6 Å². The van der Waals surface area contributed by atoms with E-state index in [0.717, 1.165) is 30.6 Å². The third-order valence-electron chi connectivity index (χ3n) is 8.55. The molecule has 0 nitrogen and oxygen atoms in total. The summed E-state index contributed by atoms with van der Waals surface area (Å²) in [7, 11) is 0. The van der Waals surface area contributed by atoms with Crippen molar-refractivity contribution < 1.29 is 0 Å². The van der Waals surface area contributed by atoms with E-state index in [-0.39, 0.29) is 0 Å². The van der Waals surface area contributed by atoms with Crippen molar-refractivity contribution >= 4 is 0 Å². The first-order valence-electron chi connectivity index (χ1n) is 14.5. The smallest absolute Gasteiger partial charge is 0.0132 e. The van der Waals surface area contributed by atoms with Crippen molar-refractivity contribution in [2.75, 3.05) is 0 Å². The molecule has 1 fully saturated rings. The molecule has 0 heterocycles. The number of hydrogen-bond donors (Lipinski definition) is 0. The van der Waals surface area contributed by atoms with Gasteiger partial charge in [-0.2, -0.15) is 0 Å². The molecular weight excluding hydrogens is 420 g/mol. The Morgan fingerprint density at radius 3 is 2.51 bits per heavy atom. The van der Waals surface area contributed by atoms with Crippen LogP contribution in [0.1, 0.15) is 99.3 Å². The minimum absolute atomic E-state index is 0.304. The first-order chi connectivity index (χ1) is 16.8. The summed E-state index contributed by atoms with van der Waals surface area (Å²) in [6, 6.07) is 0. The van der Waals surface area contributed by atoms with Crippen LogP contribution >= 0.6 is 0 Å². The topological polar surface area (TPSA) is 0 Å². The quantitative estimate of drug-likeness (QED) is 0.219. The molecule has 0 aromatic rings. The van der Waals surface area contributed by atoms with Gasteiger partial charge in [0.15, 0.2) is 0 Å². The lowest BCUT2D eigenvalue weighted by molar-refractivity contribution is 0.362. The molecule has 1 saturated carbocycles. The number of hydrogen-bond acceptors (Lipinski definition) is 0. The summed E-state index contributed by atoms with van der Waals surface area (Å²) in [5.74, 6) is 3.53. The Balaban J connectivity index is 1.72. The minimum atomic E-state index is 0.304. The average Bonchev–Trinajstić information content (AvgIpc) is 3.33. The third-order valence-corrected chi connectivity index (χ3v) is 8.55. The largest absolute Gasteiger partial charge is 0.0877 e. The number of fused-ring (bicyclic) bond motifs is 1. The van der Waals surface area contributed by atoms with Gasteiger partial charge >= 0.3 is 0 Å². The van der Waals surface area contributed by atoms with Crippen LogP contribution in [0.4, 0.5) is 0 Å².